The number of aliphatic hydroxyl groups excluding tert-OH is 1. The molecule has 0 spiro atoms. The molecule has 0 saturated carbocycles. The predicted octanol–water partition coefficient (Wildman–Crippen LogP) is 5.40. The van der Waals surface area contributed by atoms with Gasteiger partial charge in [-0.25, -0.2) is 19.6 Å². The zero-order valence-electron chi connectivity index (χ0n) is 23.8. The molecule has 1 fully saturated rings. The Labute approximate surface area is 254 Å². The molecule has 4 aromatic rings. The third-order valence-electron chi connectivity index (χ3n) is 6.30. The van der Waals surface area contributed by atoms with Crippen LogP contribution in [-0.4, -0.2) is 54.4 Å². The Balaban J connectivity index is 1.18. The summed E-state index contributed by atoms with van der Waals surface area (Å²) in [5.74, 6) is 0.550. The quantitative estimate of drug-likeness (QED) is 0.222. The van der Waals surface area contributed by atoms with Crippen LogP contribution in [0.2, 0.25) is 0 Å². The van der Waals surface area contributed by atoms with Crippen molar-refractivity contribution in [3.05, 3.63) is 84.1 Å². The number of hydrogen-bond donors (Lipinski definition) is 2. The van der Waals surface area contributed by atoms with E-state index in [0.717, 1.165) is 16.8 Å². The molecular formula is C29H28F3N7O4S. The van der Waals surface area contributed by atoms with Crippen molar-refractivity contribution in [2.24, 2.45) is 4.99 Å². The van der Waals surface area contributed by atoms with Gasteiger partial charge in [0.25, 0.3) is 0 Å². The monoisotopic (exact) mass is 627 g/mol. The van der Waals surface area contributed by atoms with Crippen molar-refractivity contribution in [2.45, 2.75) is 46.0 Å². The number of amides is 1. The number of alkyl halides is 3. The van der Waals surface area contributed by atoms with Crippen LogP contribution in [0.3, 0.4) is 0 Å². The average molecular weight is 628 g/mol. The second-order valence-corrected chi connectivity index (χ2v) is 10.9. The largest absolute Gasteiger partial charge is 0.573 e. The molecule has 1 unspecified atom stereocenters. The van der Waals surface area contributed by atoms with Gasteiger partial charge >= 0.3 is 6.36 Å². The zero-order chi connectivity index (χ0) is 31.4. The number of rotatable bonds is 10. The first-order valence-electron chi connectivity index (χ1n) is 13.4. The highest BCUT2D eigenvalue weighted by Crippen LogP contribution is 2.34. The molecule has 1 aliphatic rings. The van der Waals surface area contributed by atoms with Gasteiger partial charge < -0.3 is 19.9 Å². The number of thioether (sulfide) groups is 1. The Hall–Kier alpha value is -4.63. The molecule has 230 valence electrons. The lowest BCUT2D eigenvalue weighted by Crippen LogP contribution is -2.32. The lowest BCUT2D eigenvalue weighted by Gasteiger charge is -2.23. The van der Waals surface area contributed by atoms with E-state index in [9.17, 15) is 23.1 Å². The van der Waals surface area contributed by atoms with E-state index in [4.69, 9.17) is 4.74 Å². The topological polar surface area (TPSA) is 127 Å². The van der Waals surface area contributed by atoms with E-state index in [0.29, 0.717) is 22.4 Å². The first-order valence-corrected chi connectivity index (χ1v) is 14.4. The first-order chi connectivity index (χ1) is 20.9. The summed E-state index contributed by atoms with van der Waals surface area (Å²) in [5.41, 5.74) is 3.73. The van der Waals surface area contributed by atoms with Gasteiger partial charge in [0.1, 0.15) is 12.1 Å². The average Bonchev–Trinajstić information content (AvgIpc) is 3.58. The molecule has 44 heavy (non-hydrogen) atoms. The number of aliphatic imine (C=N–C) groups is 1. The highest BCUT2D eigenvalue weighted by atomic mass is 32.2. The Morgan fingerprint density at radius 1 is 1.11 bits per heavy atom. The van der Waals surface area contributed by atoms with E-state index in [1.54, 1.807) is 17.0 Å². The van der Waals surface area contributed by atoms with Gasteiger partial charge in [0, 0.05) is 6.07 Å². The van der Waals surface area contributed by atoms with Crippen molar-refractivity contribution in [1.29, 1.82) is 0 Å². The molecule has 2 aromatic heterocycles. The van der Waals surface area contributed by atoms with Crippen molar-refractivity contribution in [3.63, 3.8) is 0 Å². The standard InChI is InChI=1S/C29H28F3N7O4S/c1-17(2)22-10-4-18(3)12-23(22)39-26(40)15-44-28(39)36-27(41)35-19-5-11-25(33-13-19)42-14-24-34-16-38(37-24)20-6-8-21(9-7-20)43-29(30,31)32/h4-13,16-17,27,35,41H,14-15H2,1-3H3. The van der Waals surface area contributed by atoms with Crippen LogP contribution in [0.1, 0.15) is 36.7 Å². The highest BCUT2D eigenvalue weighted by molar-refractivity contribution is 8.15. The molecule has 1 amide bonds. The third-order valence-corrected chi connectivity index (χ3v) is 7.24. The Kier molecular flexibility index (Phi) is 9.06. The van der Waals surface area contributed by atoms with E-state index >= 15 is 0 Å². The Morgan fingerprint density at radius 3 is 2.57 bits per heavy atom. The van der Waals surface area contributed by atoms with Crippen molar-refractivity contribution >= 4 is 34.2 Å². The van der Waals surface area contributed by atoms with Gasteiger partial charge in [-0.1, -0.05) is 37.7 Å². The van der Waals surface area contributed by atoms with E-state index in [1.807, 2.05) is 25.1 Å². The second kappa shape index (κ2) is 12.9. The minimum absolute atomic E-state index is 0.0171. The van der Waals surface area contributed by atoms with Gasteiger partial charge in [0.2, 0.25) is 18.1 Å². The summed E-state index contributed by atoms with van der Waals surface area (Å²) in [5, 5.41) is 18.1. The van der Waals surface area contributed by atoms with Crippen LogP contribution >= 0.6 is 11.8 Å². The number of carbonyl (C=O) groups excluding carboxylic acids is 1. The van der Waals surface area contributed by atoms with Crippen LogP contribution in [0.4, 0.5) is 24.5 Å². The lowest BCUT2D eigenvalue weighted by atomic mass is 9.99. The van der Waals surface area contributed by atoms with Crippen LogP contribution < -0.4 is 19.7 Å². The molecule has 15 heteroatoms. The molecule has 2 N–H and O–H groups in total. The number of aliphatic hydroxyl groups is 1. The molecule has 1 atom stereocenters. The Bertz CT molecular complexity index is 1640. The maximum atomic E-state index is 12.8. The number of aromatic nitrogens is 4. The van der Waals surface area contributed by atoms with Crippen LogP contribution in [0.25, 0.3) is 5.69 Å². The SMILES string of the molecule is Cc1ccc(C(C)C)c(N2C(=O)CSC2=NC(O)Nc2ccc(OCc3ncn(-c4ccc(OC(F)(F)F)cc4)n3)nc2)c1. The van der Waals surface area contributed by atoms with Gasteiger partial charge in [-0.3, -0.25) is 9.69 Å². The zero-order valence-corrected chi connectivity index (χ0v) is 24.6. The number of anilines is 2. The number of benzene rings is 2. The molecule has 0 aliphatic carbocycles. The molecule has 0 radical (unpaired) electrons. The summed E-state index contributed by atoms with van der Waals surface area (Å²) in [4.78, 5) is 27.1. The van der Waals surface area contributed by atoms with Crippen molar-refractivity contribution in [3.8, 4) is 17.3 Å². The fraction of sp³-hybridized carbons (Fsp3) is 0.276. The van der Waals surface area contributed by atoms with E-state index in [2.05, 4.69) is 44.0 Å². The van der Waals surface area contributed by atoms with E-state index in [-0.39, 0.29) is 35.8 Å². The minimum atomic E-state index is -4.77. The molecule has 1 saturated heterocycles. The van der Waals surface area contributed by atoms with Gasteiger partial charge in [-0.05, 0) is 60.4 Å². The summed E-state index contributed by atoms with van der Waals surface area (Å²) >= 11 is 1.26. The Morgan fingerprint density at radius 2 is 1.89 bits per heavy atom. The highest BCUT2D eigenvalue weighted by Gasteiger charge is 2.33. The molecule has 1 aliphatic heterocycles. The predicted molar refractivity (Wildman–Crippen MR) is 159 cm³/mol. The van der Waals surface area contributed by atoms with Crippen molar-refractivity contribution in [2.75, 3.05) is 16.0 Å². The maximum absolute atomic E-state index is 12.8. The minimum Gasteiger partial charge on any atom is -0.469 e. The van der Waals surface area contributed by atoms with E-state index in [1.165, 1.54) is 53.2 Å². The number of carbonyl (C=O) groups is 1. The summed E-state index contributed by atoms with van der Waals surface area (Å²) < 4.78 is 48.0. The summed E-state index contributed by atoms with van der Waals surface area (Å²) in [6.45, 7) is 6.06. The lowest BCUT2D eigenvalue weighted by molar-refractivity contribution is -0.274. The summed E-state index contributed by atoms with van der Waals surface area (Å²) in [6.07, 6.45) is -3.25. The third kappa shape index (κ3) is 7.65. The number of pyridine rings is 1. The van der Waals surface area contributed by atoms with Gasteiger partial charge in [0.15, 0.2) is 17.6 Å². The van der Waals surface area contributed by atoms with Gasteiger partial charge in [-0.15, -0.1) is 18.3 Å². The molecule has 3 heterocycles. The number of ether oxygens (including phenoxy) is 2. The number of aryl methyl sites for hydroxylation is 1. The first kappa shape index (κ1) is 30.8. The maximum Gasteiger partial charge on any atom is 0.573 e. The van der Waals surface area contributed by atoms with Crippen LogP contribution in [0.15, 0.2) is 72.1 Å². The number of halogens is 3. The normalized spacial score (nSPS) is 15.2. The number of nitrogens with zero attached hydrogens (tertiary/aromatic N) is 6. The van der Waals surface area contributed by atoms with E-state index < -0.39 is 12.7 Å². The van der Waals surface area contributed by atoms with Gasteiger partial charge in [-0.2, -0.15) is 0 Å². The molecule has 0 bridgehead atoms. The fourth-order valence-corrected chi connectivity index (χ4v) is 5.18. The summed E-state index contributed by atoms with van der Waals surface area (Å²) in [7, 11) is 0. The molecule has 5 rings (SSSR count). The number of amidine groups is 1. The van der Waals surface area contributed by atoms with Crippen LogP contribution in [0.5, 0.6) is 11.6 Å². The number of hydrogen-bond acceptors (Lipinski definition) is 10. The second-order valence-electron chi connectivity index (χ2n) is 9.99. The molecule has 2 aromatic carbocycles. The summed E-state index contributed by atoms with van der Waals surface area (Å²) in [6, 6.07) is 14.4. The molecule has 11 nitrogen and oxygen atoms in total. The van der Waals surface area contributed by atoms with Crippen LogP contribution in [0, 0.1) is 6.92 Å². The van der Waals surface area contributed by atoms with Gasteiger partial charge in [0.05, 0.1) is 29.0 Å². The smallest absolute Gasteiger partial charge is 0.469 e. The van der Waals surface area contributed by atoms with Crippen LogP contribution in [-0.2, 0) is 11.4 Å². The van der Waals surface area contributed by atoms with Crippen molar-refractivity contribution in [1.82, 2.24) is 19.7 Å². The fourth-order valence-electron chi connectivity index (χ4n) is 4.29. The molecular weight excluding hydrogens is 599 g/mol. The number of nitrogens with one attached hydrogen (secondary N) is 1. The van der Waals surface area contributed by atoms with Crippen molar-refractivity contribution < 1.29 is 32.5 Å².